The lowest BCUT2D eigenvalue weighted by Gasteiger charge is -2.42. The number of ketones is 1. The Hall–Kier alpha value is -1.65. The van der Waals surface area contributed by atoms with Crippen molar-refractivity contribution >= 4 is 5.78 Å². The first-order valence-electron chi connectivity index (χ1n) is 10.6. The van der Waals surface area contributed by atoms with Crippen molar-refractivity contribution in [3.63, 3.8) is 0 Å². The number of hydrogen-bond donors (Lipinski definition) is 0. The summed E-state index contributed by atoms with van der Waals surface area (Å²) in [6.45, 7) is 10.6. The molecule has 4 heteroatoms. The third-order valence-corrected chi connectivity index (χ3v) is 5.85. The highest BCUT2D eigenvalue weighted by molar-refractivity contribution is 5.94. The van der Waals surface area contributed by atoms with Gasteiger partial charge in [0, 0.05) is 32.1 Å². The summed E-state index contributed by atoms with van der Waals surface area (Å²) in [5.41, 5.74) is 4.12. The van der Waals surface area contributed by atoms with Crippen LogP contribution < -0.4 is 0 Å². The standard InChI is InChI=1S/C25H40O4/c1-18(2)11-9-12-19(3)13-10-14-20(4)15-16-22-21(5)25(28-7,29-8)24(27-6)17-23(22)26/h11,13,15,17,21-22H,9-10,12,14,16H2,1-8H3/b19-13+,20-15+. The van der Waals surface area contributed by atoms with Crippen molar-refractivity contribution in [1.82, 2.24) is 0 Å². The van der Waals surface area contributed by atoms with Gasteiger partial charge in [0.05, 0.1) is 7.11 Å². The highest BCUT2D eigenvalue weighted by Crippen LogP contribution is 2.41. The molecule has 164 valence electrons. The van der Waals surface area contributed by atoms with Gasteiger partial charge in [0.25, 0.3) is 0 Å². The molecule has 0 saturated heterocycles. The third-order valence-electron chi connectivity index (χ3n) is 5.85. The van der Waals surface area contributed by atoms with Crippen LogP contribution in [0.5, 0.6) is 0 Å². The van der Waals surface area contributed by atoms with Gasteiger partial charge >= 0.3 is 0 Å². The van der Waals surface area contributed by atoms with Crippen LogP contribution in [0.1, 0.15) is 66.7 Å². The van der Waals surface area contributed by atoms with Crippen LogP contribution in [-0.2, 0) is 19.0 Å². The molecule has 4 nitrogen and oxygen atoms in total. The van der Waals surface area contributed by atoms with Crippen molar-refractivity contribution in [1.29, 1.82) is 0 Å². The minimum atomic E-state index is -1.01. The number of hydrogen-bond acceptors (Lipinski definition) is 4. The van der Waals surface area contributed by atoms with E-state index in [0.29, 0.717) is 12.2 Å². The van der Waals surface area contributed by atoms with Crippen LogP contribution in [-0.4, -0.2) is 32.9 Å². The van der Waals surface area contributed by atoms with Crippen LogP contribution in [0.15, 0.2) is 46.8 Å². The van der Waals surface area contributed by atoms with Crippen molar-refractivity contribution < 1.29 is 19.0 Å². The summed E-state index contributed by atoms with van der Waals surface area (Å²) in [4.78, 5) is 12.6. The predicted molar refractivity (Wildman–Crippen MR) is 120 cm³/mol. The van der Waals surface area contributed by atoms with E-state index in [2.05, 4.69) is 45.9 Å². The average molecular weight is 405 g/mol. The molecular formula is C25H40O4. The Morgan fingerprint density at radius 2 is 1.52 bits per heavy atom. The molecule has 0 radical (unpaired) electrons. The first kappa shape index (κ1) is 25.4. The quantitative estimate of drug-likeness (QED) is 0.306. The van der Waals surface area contributed by atoms with E-state index in [-0.39, 0.29) is 17.6 Å². The number of carbonyl (C=O) groups excluding carboxylic acids is 1. The molecule has 0 aromatic carbocycles. The lowest BCUT2D eigenvalue weighted by Crippen LogP contribution is -2.51. The molecule has 1 rings (SSSR count). The smallest absolute Gasteiger partial charge is 0.230 e. The normalized spacial score (nSPS) is 22.3. The van der Waals surface area contributed by atoms with Crippen LogP contribution in [0.3, 0.4) is 0 Å². The number of allylic oxidation sites excluding steroid dienone is 7. The summed E-state index contributed by atoms with van der Waals surface area (Å²) in [6, 6.07) is 0. The fourth-order valence-electron chi connectivity index (χ4n) is 3.92. The van der Waals surface area contributed by atoms with Gasteiger partial charge in [-0.1, -0.05) is 41.9 Å². The zero-order valence-corrected chi connectivity index (χ0v) is 19.6. The molecule has 2 unspecified atom stereocenters. The zero-order valence-electron chi connectivity index (χ0n) is 19.6. The Morgan fingerprint density at radius 1 is 0.966 bits per heavy atom. The van der Waals surface area contributed by atoms with Gasteiger partial charge in [-0.15, -0.1) is 0 Å². The molecule has 0 aromatic heterocycles. The molecule has 0 amide bonds. The van der Waals surface area contributed by atoms with Gasteiger partial charge in [-0.25, -0.2) is 0 Å². The summed E-state index contributed by atoms with van der Waals surface area (Å²) in [5, 5.41) is 0. The van der Waals surface area contributed by atoms with Gasteiger partial charge < -0.3 is 14.2 Å². The fraction of sp³-hybridized carbons (Fsp3) is 0.640. The topological polar surface area (TPSA) is 44.8 Å². The van der Waals surface area contributed by atoms with Crippen LogP contribution in [0, 0.1) is 11.8 Å². The monoisotopic (exact) mass is 404 g/mol. The molecule has 0 spiro atoms. The lowest BCUT2D eigenvalue weighted by molar-refractivity contribution is -0.241. The molecule has 0 bridgehead atoms. The maximum Gasteiger partial charge on any atom is 0.230 e. The van der Waals surface area contributed by atoms with Crippen molar-refractivity contribution in [2.75, 3.05) is 21.3 Å². The first-order valence-corrected chi connectivity index (χ1v) is 10.6. The summed E-state index contributed by atoms with van der Waals surface area (Å²) >= 11 is 0. The summed E-state index contributed by atoms with van der Waals surface area (Å²) in [6.07, 6.45) is 13.3. The first-order chi connectivity index (χ1) is 13.7. The Morgan fingerprint density at radius 3 is 2.03 bits per heavy atom. The highest BCUT2D eigenvalue weighted by Gasteiger charge is 2.50. The maximum absolute atomic E-state index is 12.6. The van der Waals surface area contributed by atoms with E-state index < -0.39 is 5.79 Å². The van der Waals surface area contributed by atoms with Crippen LogP contribution in [0.4, 0.5) is 0 Å². The van der Waals surface area contributed by atoms with Gasteiger partial charge in [-0.05, 0) is 59.8 Å². The van der Waals surface area contributed by atoms with Gasteiger partial charge in [0.15, 0.2) is 11.5 Å². The van der Waals surface area contributed by atoms with Gasteiger partial charge in [0.1, 0.15) is 0 Å². The van der Waals surface area contributed by atoms with E-state index in [1.165, 1.54) is 29.9 Å². The maximum atomic E-state index is 12.6. The molecule has 2 atom stereocenters. The van der Waals surface area contributed by atoms with Crippen LogP contribution in [0.25, 0.3) is 0 Å². The number of ether oxygens (including phenoxy) is 3. The minimum Gasteiger partial charge on any atom is -0.495 e. The van der Waals surface area contributed by atoms with E-state index in [1.807, 2.05) is 6.92 Å². The minimum absolute atomic E-state index is 0.0677. The molecule has 0 aliphatic heterocycles. The van der Waals surface area contributed by atoms with Crippen molar-refractivity contribution in [3.05, 3.63) is 46.8 Å². The van der Waals surface area contributed by atoms with Crippen molar-refractivity contribution in [3.8, 4) is 0 Å². The van der Waals surface area contributed by atoms with E-state index in [9.17, 15) is 4.79 Å². The van der Waals surface area contributed by atoms with Gasteiger partial charge in [-0.2, -0.15) is 0 Å². The molecular weight excluding hydrogens is 364 g/mol. The lowest BCUT2D eigenvalue weighted by atomic mass is 9.76. The Balaban J connectivity index is 2.70. The Kier molecular flexibility index (Phi) is 10.6. The van der Waals surface area contributed by atoms with E-state index in [0.717, 1.165) is 25.7 Å². The number of rotatable bonds is 11. The average Bonchev–Trinajstić information content (AvgIpc) is 2.67. The summed E-state index contributed by atoms with van der Waals surface area (Å²) in [7, 11) is 4.72. The molecule has 0 N–H and O–H groups in total. The van der Waals surface area contributed by atoms with Crippen molar-refractivity contribution in [2.24, 2.45) is 11.8 Å². The second-order valence-electron chi connectivity index (χ2n) is 8.28. The van der Waals surface area contributed by atoms with Crippen molar-refractivity contribution in [2.45, 2.75) is 72.5 Å². The third kappa shape index (κ3) is 6.97. The van der Waals surface area contributed by atoms with Crippen LogP contribution >= 0.6 is 0 Å². The number of methoxy groups -OCH3 is 3. The molecule has 0 aromatic rings. The largest absolute Gasteiger partial charge is 0.495 e. The van der Waals surface area contributed by atoms with Gasteiger partial charge in [0.2, 0.25) is 5.79 Å². The highest BCUT2D eigenvalue weighted by atomic mass is 16.7. The van der Waals surface area contributed by atoms with Gasteiger partial charge in [-0.3, -0.25) is 4.79 Å². The number of carbonyl (C=O) groups is 1. The molecule has 1 aliphatic rings. The van der Waals surface area contributed by atoms with Crippen LogP contribution in [0.2, 0.25) is 0 Å². The molecule has 29 heavy (non-hydrogen) atoms. The zero-order chi connectivity index (χ0) is 22.0. The second kappa shape index (κ2) is 12.1. The molecule has 1 aliphatic carbocycles. The predicted octanol–water partition coefficient (Wildman–Crippen LogP) is 6.15. The fourth-order valence-corrected chi connectivity index (χ4v) is 3.92. The molecule has 0 fully saturated rings. The Labute approximate surface area is 177 Å². The van der Waals surface area contributed by atoms with E-state index in [1.54, 1.807) is 14.2 Å². The molecule has 0 heterocycles. The molecule has 0 saturated carbocycles. The second-order valence-corrected chi connectivity index (χ2v) is 8.28. The van der Waals surface area contributed by atoms with E-state index in [4.69, 9.17) is 14.2 Å². The Bertz CT molecular complexity index is 658. The SMILES string of the molecule is COC1=CC(=O)C(C/C=C(\C)CC/C=C(\C)CCC=C(C)C)C(C)C1(OC)OC. The van der Waals surface area contributed by atoms with E-state index >= 15 is 0 Å². The summed E-state index contributed by atoms with van der Waals surface area (Å²) < 4.78 is 16.7. The summed E-state index contributed by atoms with van der Waals surface area (Å²) in [5.74, 6) is -0.847.